The molecule has 17 heavy (non-hydrogen) atoms. The molecule has 5 heteroatoms. The second-order valence-corrected chi connectivity index (χ2v) is 3.69. The molecule has 86 valence electrons. The van der Waals surface area contributed by atoms with E-state index in [4.69, 9.17) is 5.11 Å². The van der Waals surface area contributed by atoms with E-state index in [0.717, 1.165) is 11.1 Å². The zero-order chi connectivity index (χ0) is 12.3. The normalized spacial score (nSPS) is 10.2. The van der Waals surface area contributed by atoms with Crippen LogP contribution in [0, 0.1) is 6.92 Å². The summed E-state index contributed by atoms with van der Waals surface area (Å²) >= 11 is 0. The van der Waals surface area contributed by atoms with Crippen molar-refractivity contribution >= 4 is 5.97 Å². The minimum absolute atomic E-state index is 0.216. The first-order chi connectivity index (χ1) is 8.15. The Labute approximate surface area is 98.2 Å². The summed E-state index contributed by atoms with van der Waals surface area (Å²) in [6, 6.07) is 7.77. The van der Waals surface area contributed by atoms with Gasteiger partial charge in [0.1, 0.15) is 6.42 Å². The number of hydrogen-bond acceptors (Lipinski definition) is 4. The van der Waals surface area contributed by atoms with E-state index in [1.807, 2.05) is 31.2 Å². The van der Waals surface area contributed by atoms with E-state index >= 15 is 0 Å². The molecule has 0 aliphatic heterocycles. The Balaban J connectivity index is 2.32. The summed E-state index contributed by atoms with van der Waals surface area (Å²) in [5.74, 6) is -0.747. The zero-order valence-corrected chi connectivity index (χ0v) is 9.29. The van der Waals surface area contributed by atoms with Crippen molar-refractivity contribution in [1.82, 2.24) is 15.2 Å². The molecule has 1 heterocycles. The van der Waals surface area contributed by atoms with E-state index in [-0.39, 0.29) is 12.2 Å². The summed E-state index contributed by atoms with van der Waals surface area (Å²) < 4.78 is 0. The van der Waals surface area contributed by atoms with Crippen molar-refractivity contribution in [3.63, 3.8) is 0 Å². The number of aromatic nitrogens is 3. The molecule has 1 aromatic carbocycles. The highest BCUT2D eigenvalue weighted by atomic mass is 16.4. The minimum Gasteiger partial charge on any atom is -0.481 e. The van der Waals surface area contributed by atoms with Crippen molar-refractivity contribution in [3.05, 3.63) is 41.9 Å². The largest absolute Gasteiger partial charge is 0.481 e. The maximum atomic E-state index is 10.6. The Morgan fingerprint density at radius 3 is 2.65 bits per heavy atom. The Morgan fingerprint density at radius 2 is 2.00 bits per heavy atom. The fourth-order valence-electron chi connectivity index (χ4n) is 1.41. The van der Waals surface area contributed by atoms with Gasteiger partial charge >= 0.3 is 5.97 Å². The van der Waals surface area contributed by atoms with Crippen LogP contribution in [0.25, 0.3) is 11.3 Å². The topological polar surface area (TPSA) is 76.0 Å². The predicted molar refractivity (Wildman–Crippen MR) is 61.3 cm³/mol. The third-order valence-electron chi connectivity index (χ3n) is 2.26. The van der Waals surface area contributed by atoms with E-state index < -0.39 is 5.97 Å². The third kappa shape index (κ3) is 2.84. The summed E-state index contributed by atoms with van der Waals surface area (Å²) in [5.41, 5.74) is 2.69. The summed E-state index contributed by atoms with van der Waals surface area (Å²) in [6.07, 6.45) is 1.31. The molecule has 0 aliphatic rings. The van der Waals surface area contributed by atoms with E-state index in [1.165, 1.54) is 6.20 Å². The number of rotatable bonds is 3. The molecule has 2 rings (SSSR count). The van der Waals surface area contributed by atoms with Gasteiger partial charge in [-0.05, 0) is 6.92 Å². The molecular weight excluding hydrogens is 218 g/mol. The fourth-order valence-corrected chi connectivity index (χ4v) is 1.41. The maximum Gasteiger partial charge on any atom is 0.311 e. The van der Waals surface area contributed by atoms with Crippen LogP contribution < -0.4 is 0 Å². The Bertz CT molecular complexity index is 538. The highest BCUT2D eigenvalue weighted by Crippen LogP contribution is 2.16. The van der Waals surface area contributed by atoms with Crippen LogP contribution in [0.4, 0.5) is 0 Å². The second kappa shape index (κ2) is 4.69. The molecule has 0 spiro atoms. The monoisotopic (exact) mass is 229 g/mol. The van der Waals surface area contributed by atoms with E-state index in [9.17, 15) is 4.79 Å². The van der Waals surface area contributed by atoms with Crippen molar-refractivity contribution in [3.8, 4) is 11.3 Å². The van der Waals surface area contributed by atoms with Gasteiger partial charge in [0.2, 0.25) is 0 Å². The Hall–Kier alpha value is -2.30. The standard InChI is InChI=1S/C12H11N3O2/c1-8-2-4-9(5-3-8)10-7-13-15-11(14-10)6-12(16)17/h2-5,7H,6H2,1H3,(H,16,17). The number of benzene rings is 1. The number of nitrogens with zero attached hydrogens (tertiary/aromatic N) is 3. The zero-order valence-electron chi connectivity index (χ0n) is 9.29. The molecule has 2 aromatic rings. The Morgan fingerprint density at radius 1 is 1.29 bits per heavy atom. The van der Waals surface area contributed by atoms with Gasteiger partial charge in [0.05, 0.1) is 11.9 Å². The Kier molecular flexibility index (Phi) is 3.09. The molecular formula is C12H11N3O2. The first-order valence-corrected chi connectivity index (χ1v) is 5.12. The lowest BCUT2D eigenvalue weighted by Crippen LogP contribution is -2.06. The molecule has 5 nitrogen and oxygen atoms in total. The van der Waals surface area contributed by atoms with E-state index in [1.54, 1.807) is 0 Å². The van der Waals surface area contributed by atoms with Gasteiger partial charge in [-0.3, -0.25) is 4.79 Å². The molecule has 0 amide bonds. The predicted octanol–water partition coefficient (Wildman–Crippen LogP) is 1.47. The fraction of sp³-hybridized carbons (Fsp3) is 0.167. The van der Waals surface area contributed by atoms with Gasteiger partial charge in [-0.1, -0.05) is 29.8 Å². The van der Waals surface area contributed by atoms with Crippen LogP contribution in [-0.2, 0) is 11.2 Å². The van der Waals surface area contributed by atoms with Crippen molar-refractivity contribution < 1.29 is 9.90 Å². The highest BCUT2D eigenvalue weighted by Gasteiger charge is 2.06. The number of aryl methyl sites for hydroxylation is 1. The average Bonchev–Trinajstić information content (AvgIpc) is 2.29. The summed E-state index contributed by atoms with van der Waals surface area (Å²) in [7, 11) is 0. The van der Waals surface area contributed by atoms with Crippen LogP contribution in [-0.4, -0.2) is 26.3 Å². The van der Waals surface area contributed by atoms with Crippen molar-refractivity contribution in [2.24, 2.45) is 0 Å². The lowest BCUT2D eigenvalue weighted by Gasteiger charge is -2.02. The quantitative estimate of drug-likeness (QED) is 0.862. The molecule has 1 aromatic heterocycles. The van der Waals surface area contributed by atoms with E-state index in [0.29, 0.717) is 5.69 Å². The van der Waals surface area contributed by atoms with Crippen LogP contribution in [0.2, 0.25) is 0 Å². The first kappa shape index (κ1) is 11.2. The van der Waals surface area contributed by atoms with Crippen molar-refractivity contribution in [2.75, 3.05) is 0 Å². The molecule has 0 saturated heterocycles. The second-order valence-electron chi connectivity index (χ2n) is 3.69. The van der Waals surface area contributed by atoms with Crippen LogP contribution in [0.15, 0.2) is 30.5 Å². The average molecular weight is 229 g/mol. The number of carboxylic acids is 1. The summed E-state index contributed by atoms with van der Waals surface area (Å²) in [5, 5.41) is 16.1. The third-order valence-corrected chi connectivity index (χ3v) is 2.26. The lowest BCUT2D eigenvalue weighted by atomic mass is 10.1. The lowest BCUT2D eigenvalue weighted by molar-refractivity contribution is -0.136. The maximum absolute atomic E-state index is 10.6. The van der Waals surface area contributed by atoms with Crippen LogP contribution in [0.1, 0.15) is 11.4 Å². The van der Waals surface area contributed by atoms with Gasteiger partial charge in [-0.15, -0.1) is 5.10 Å². The molecule has 0 aliphatic carbocycles. The molecule has 0 unspecified atom stereocenters. The van der Waals surface area contributed by atoms with Gasteiger partial charge in [0.15, 0.2) is 5.82 Å². The smallest absolute Gasteiger partial charge is 0.311 e. The van der Waals surface area contributed by atoms with Gasteiger partial charge in [0.25, 0.3) is 0 Å². The van der Waals surface area contributed by atoms with E-state index in [2.05, 4.69) is 15.2 Å². The number of carbonyl (C=O) groups is 1. The first-order valence-electron chi connectivity index (χ1n) is 5.12. The molecule has 0 saturated carbocycles. The van der Waals surface area contributed by atoms with Gasteiger partial charge in [-0.25, -0.2) is 4.98 Å². The van der Waals surface area contributed by atoms with Crippen molar-refractivity contribution in [1.29, 1.82) is 0 Å². The van der Waals surface area contributed by atoms with Crippen LogP contribution in [0.5, 0.6) is 0 Å². The minimum atomic E-state index is -0.965. The van der Waals surface area contributed by atoms with Gasteiger partial charge in [0, 0.05) is 5.56 Å². The van der Waals surface area contributed by atoms with Crippen LogP contribution in [0.3, 0.4) is 0 Å². The summed E-state index contributed by atoms with van der Waals surface area (Å²) in [6.45, 7) is 2.00. The number of aliphatic carboxylic acids is 1. The molecule has 0 atom stereocenters. The molecule has 0 bridgehead atoms. The molecule has 0 fully saturated rings. The molecule has 0 radical (unpaired) electrons. The molecule has 1 N–H and O–H groups in total. The van der Waals surface area contributed by atoms with Gasteiger partial charge < -0.3 is 5.11 Å². The summed E-state index contributed by atoms with van der Waals surface area (Å²) in [4.78, 5) is 14.7. The number of hydrogen-bond donors (Lipinski definition) is 1. The van der Waals surface area contributed by atoms with Crippen LogP contribution >= 0.6 is 0 Å². The van der Waals surface area contributed by atoms with Crippen molar-refractivity contribution in [2.45, 2.75) is 13.3 Å². The number of carboxylic acid groups (broad SMARTS) is 1. The van der Waals surface area contributed by atoms with Gasteiger partial charge in [-0.2, -0.15) is 5.10 Å². The SMILES string of the molecule is Cc1ccc(-c2cnnc(CC(=O)O)n2)cc1. The highest BCUT2D eigenvalue weighted by molar-refractivity contribution is 5.69.